The molecule has 1 saturated carbocycles. The van der Waals surface area contributed by atoms with Gasteiger partial charge in [0.05, 0.1) is 0 Å². The van der Waals surface area contributed by atoms with Crippen LogP contribution in [-0.2, 0) is 13.6 Å². The standard InChI is InChI=1S/C25H31N5O2/c1-28-25(32)30(21-10-3-4-11-21)23(27-28)19-13-15-29(16-14-19)24(31)26-17-20-9-6-8-18-7-2-5-12-22(18)20/h2,5-9,12,19,21H,3-4,10-11,13-17H2,1H3,(H,26,31). The van der Waals surface area contributed by atoms with Gasteiger partial charge >= 0.3 is 11.7 Å². The van der Waals surface area contributed by atoms with E-state index in [0.29, 0.717) is 19.6 Å². The number of amides is 2. The number of urea groups is 1. The van der Waals surface area contributed by atoms with Crippen LogP contribution in [0, 0.1) is 0 Å². The van der Waals surface area contributed by atoms with E-state index in [1.807, 2.05) is 27.7 Å². The van der Waals surface area contributed by atoms with Crippen molar-refractivity contribution >= 4 is 16.8 Å². The monoisotopic (exact) mass is 433 g/mol. The summed E-state index contributed by atoms with van der Waals surface area (Å²) in [5, 5.41) is 10.1. The average Bonchev–Trinajstić information content (AvgIpc) is 3.45. The molecule has 0 atom stereocenters. The van der Waals surface area contributed by atoms with E-state index in [-0.39, 0.29) is 23.7 Å². The lowest BCUT2D eigenvalue weighted by molar-refractivity contribution is 0.179. The van der Waals surface area contributed by atoms with Crippen LogP contribution >= 0.6 is 0 Å². The quantitative estimate of drug-likeness (QED) is 0.677. The number of likely N-dealkylation sites (tertiary alicyclic amines) is 1. The molecule has 2 heterocycles. The lowest BCUT2D eigenvalue weighted by atomic mass is 9.95. The molecule has 3 aromatic rings. The van der Waals surface area contributed by atoms with Gasteiger partial charge in [-0.2, -0.15) is 5.10 Å². The number of hydrogen-bond acceptors (Lipinski definition) is 3. The molecule has 2 fully saturated rings. The highest BCUT2D eigenvalue weighted by atomic mass is 16.2. The molecule has 1 N–H and O–H groups in total. The van der Waals surface area contributed by atoms with Crippen molar-refractivity contribution in [3.05, 3.63) is 64.3 Å². The van der Waals surface area contributed by atoms with Crippen molar-refractivity contribution in [3.63, 3.8) is 0 Å². The van der Waals surface area contributed by atoms with Crippen LogP contribution in [0.4, 0.5) is 4.79 Å². The Bertz CT molecular complexity index is 1160. The Morgan fingerprint density at radius 1 is 1.03 bits per heavy atom. The van der Waals surface area contributed by atoms with Gasteiger partial charge in [0.2, 0.25) is 0 Å². The largest absolute Gasteiger partial charge is 0.345 e. The Morgan fingerprint density at radius 2 is 1.75 bits per heavy atom. The van der Waals surface area contributed by atoms with Crippen molar-refractivity contribution < 1.29 is 4.79 Å². The summed E-state index contributed by atoms with van der Waals surface area (Å²) in [4.78, 5) is 27.4. The van der Waals surface area contributed by atoms with Crippen molar-refractivity contribution in [2.75, 3.05) is 13.1 Å². The van der Waals surface area contributed by atoms with Crippen LogP contribution in [0.25, 0.3) is 10.8 Å². The SMILES string of the molecule is Cn1nc(C2CCN(C(=O)NCc3cccc4ccccc34)CC2)n(C2CCCC2)c1=O. The van der Waals surface area contributed by atoms with Gasteiger partial charge in [0.15, 0.2) is 0 Å². The molecule has 168 valence electrons. The summed E-state index contributed by atoms with van der Waals surface area (Å²) >= 11 is 0. The Hall–Kier alpha value is -3.09. The summed E-state index contributed by atoms with van der Waals surface area (Å²) in [6.45, 7) is 1.88. The third kappa shape index (κ3) is 3.92. The smallest absolute Gasteiger partial charge is 0.334 e. The maximum absolute atomic E-state index is 12.8. The van der Waals surface area contributed by atoms with Crippen molar-refractivity contribution in [1.29, 1.82) is 0 Å². The molecule has 2 aromatic carbocycles. The first-order valence-corrected chi connectivity index (χ1v) is 11.8. The minimum Gasteiger partial charge on any atom is -0.334 e. The minimum atomic E-state index is -0.0226. The van der Waals surface area contributed by atoms with Crippen LogP contribution in [0.1, 0.15) is 61.9 Å². The lowest BCUT2D eigenvalue weighted by Gasteiger charge is -2.32. The Balaban J connectivity index is 1.22. The first-order chi connectivity index (χ1) is 15.6. The van der Waals surface area contributed by atoms with E-state index in [1.54, 1.807) is 7.05 Å². The fourth-order valence-corrected chi connectivity index (χ4v) is 5.35. The first-order valence-electron chi connectivity index (χ1n) is 11.8. The normalized spacial score (nSPS) is 17.8. The zero-order chi connectivity index (χ0) is 22.1. The van der Waals surface area contributed by atoms with Crippen LogP contribution in [0.3, 0.4) is 0 Å². The maximum atomic E-state index is 12.8. The fraction of sp³-hybridized carbons (Fsp3) is 0.480. The molecule has 0 spiro atoms. The second-order valence-electron chi connectivity index (χ2n) is 9.13. The van der Waals surface area contributed by atoms with E-state index < -0.39 is 0 Å². The molecule has 2 amide bonds. The van der Waals surface area contributed by atoms with Gasteiger partial charge in [-0.1, -0.05) is 55.3 Å². The molecular formula is C25H31N5O2. The van der Waals surface area contributed by atoms with E-state index >= 15 is 0 Å². The van der Waals surface area contributed by atoms with Crippen LogP contribution in [0.15, 0.2) is 47.3 Å². The van der Waals surface area contributed by atoms with Crippen LogP contribution in [-0.4, -0.2) is 38.4 Å². The van der Waals surface area contributed by atoms with Crippen molar-refractivity contribution in [3.8, 4) is 0 Å². The van der Waals surface area contributed by atoms with Gasteiger partial charge in [0, 0.05) is 38.6 Å². The average molecular weight is 434 g/mol. The highest BCUT2D eigenvalue weighted by molar-refractivity contribution is 5.86. The Morgan fingerprint density at radius 3 is 2.53 bits per heavy atom. The molecule has 1 aliphatic heterocycles. The highest BCUT2D eigenvalue weighted by Gasteiger charge is 2.31. The third-order valence-electron chi connectivity index (χ3n) is 7.13. The Labute approximate surface area is 188 Å². The number of hydrogen-bond donors (Lipinski definition) is 1. The number of benzene rings is 2. The second kappa shape index (κ2) is 8.81. The van der Waals surface area contributed by atoms with Gasteiger partial charge in [-0.3, -0.25) is 4.57 Å². The number of nitrogens with one attached hydrogen (secondary N) is 1. The number of nitrogens with zero attached hydrogens (tertiary/aromatic N) is 4. The van der Waals surface area contributed by atoms with Crippen molar-refractivity contribution in [2.24, 2.45) is 7.05 Å². The summed E-state index contributed by atoms with van der Waals surface area (Å²) < 4.78 is 3.44. The predicted octanol–water partition coefficient (Wildman–Crippen LogP) is 3.94. The van der Waals surface area contributed by atoms with Gasteiger partial charge < -0.3 is 10.2 Å². The summed E-state index contributed by atoms with van der Waals surface area (Å²) in [6, 6.07) is 14.7. The molecule has 7 nitrogen and oxygen atoms in total. The molecule has 1 aliphatic carbocycles. The summed E-state index contributed by atoms with van der Waals surface area (Å²) in [5.74, 6) is 1.15. The van der Waals surface area contributed by atoms with E-state index in [9.17, 15) is 9.59 Å². The summed E-state index contributed by atoms with van der Waals surface area (Å²) in [6.07, 6.45) is 6.17. The van der Waals surface area contributed by atoms with Crippen molar-refractivity contribution in [2.45, 2.75) is 57.0 Å². The highest BCUT2D eigenvalue weighted by Crippen LogP contribution is 2.33. The number of aromatic nitrogens is 3. The first kappa shape index (κ1) is 20.8. The Kier molecular flexibility index (Phi) is 5.72. The molecule has 7 heteroatoms. The van der Waals surface area contributed by atoms with E-state index in [0.717, 1.165) is 37.1 Å². The maximum Gasteiger partial charge on any atom is 0.345 e. The van der Waals surface area contributed by atoms with Gasteiger partial charge in [-0.15, -0.1) is 0 Å². The number of carbonyl (C=O) groups is 1. The third-order valence-corrected chi connectivity index (χ3v) is 7.13. The lowest BCUT2D eigenvalue weighted by Crippen LogP contribution is -2.44. The van der Waals surface area contributed by atoms with Crippen LogP contribution < -0.4 is 11.0 Å². The topological polar surface area (TPSA) is 72.2 Å². The number of carbonyl (C=O) groups excluding carboxylic acids is 1. The predicted molar refractivity (Wildman–Crippen MR) is 125 cm³/mol. The van der Waals surface area contributed by atoms with Crippen LogP contribution in [0.2, 0.25) is 0 Å². The summed E-state index contributed by atoms with van der Waals surface area (Å²) in [5.41, 5.74) is 1.13. The zero-order valence-electron chi connectivity index (χ0n) is 18.7. The van der Waals surface area contributed by atoms with Crippen LogP contribution in [0.5, 0.6) is 0 Å². The van der Waals surface area contributed by atoms with Crippen molar-refractivity contribution in [1.82, 2.24) is 24.6 Å². The molecule has 5 rings (SSSR count). The van der Waals surface area contributed by atoms with E-state index in [1.165, 1.54) is 28.3 Å². The van der Waals surface area contributed by atoms with Gasteiger partial charge in [-0.25, -0.2) is 14.3 Å². The van der Waals surface area contributed by atoms with Gasteiger partial charge in [0.25, 0.3) is 0 Å². The fourth-order valence-electron chi connectivity index (χ4n) is 5.35. The molecular weight excluding hydrogens is 402 g/mol. The molecule has 1 saturated heterocycles. The number of fused-ring (bicyclic) bond motifs is 1. The number of piperidine rings is 1. The van der Waals surface area contributed by atoms with Gasteiger partial charge in [0.1, 0.15) is 5.82 Å². The molecule has 0 bridgehead atoms. The summed E-state index contributed by atoms with van der Waals surface area (Å²) in [7, 11) is 1.74. The molecule has 0 unspecified atom stereocenters. The van der Waals surface area contributed by atoms with E-state index in [2.05, 4.69) is 34.7 Å². The second-order valence-corrected chi connectivity index (χ2v) is 9.13. The van der Waals surface area contributed by atoms with Gasteiger partial charge in [-0.05, 0) is 42.0 Å². The molecule has 2 aliphatic rings. The minimum absolute atomic E-state index is 0.00200. The van der Waals surface area contributed by atoms with E-state index in [4.69, 9.17) is 0 Å². The number of rotatable bonds is 4. The molecule has 0 radical (unpaired) electrons. The molecule has 1 aromatic heterocycles. The number of aryl methyl sites for hydroxylation is 1. The molecule has 32 heavy (non-hydrogen) atoms. The zero-order valence-corrected chi connectivity index (χ0v) is 18.7.